The Kier molecular flexibility index (Phi) is 12.4. The number of aliphatic hydroxyl groups excluding tert-OH is 1. The minimum absolute atomic E-state index is 0.339. The van der Waals surface area contributed by atoms with E-state index >= 15 is 0 Å². The molecular formula is C22H34O3. The van der Waals surface area contributed by atoms with Gasteiger partial charge in [0.15, 0.2) is 0 Å². The second kappa shape index (κ2) is 14.6. The molecule has 0 fully saturated rings. The number of rotatable bonds is 14. The summed E-state index contributed by atoms with van der Waals surface area (Å²) in [7, 11) is 0. The highest BCUT2D eigenvalue weighted by Gasteiger charge is 2.08. The van der Waals surface area contributed by atoms with Gasteiger partial charge in [-0.1, -0.05) is 101 Å². The SMILES string of the molecule is CCCCCCCCCCCCCOC(=O)C(O)=Cc1ccccc1. The number of unbranched alkanes of at least 4 members (excludes halogenated alkanes) is 10. The van der Waals surface area contributed by atoms with Gasteiger partial charge >= 0.3 is 5.97 Å². The average molecular weight is 347 g/mol. The zero-order chi connectivity index (χ0) is 18.2. The molecule has 1 aromatic rings. The summed E-state index contributed by atoms with van der Waals surface area (Å²) in [4.78, 5) is 11.7. The molecule has 1 N–H and O–H groups in total. The van der Waals surface area contributed by atoms with Gasteiger partial charge in [0.1, 0.15) is 0 Å². The van der Waals surface area contributed by atoms with Crippen molar-refractivity contribution >= 4 is 12.0 Å². The molecule has 0 amide bonds. The molecule has 0 unspecified atom stereocenters. The van der Waals surface area contributed by atoms with E-state index in [9.17, 15) is 9.90 Å². The molecule has 0 radical (unpaired) electrons. The van der Waals surface area contributed by atoms with Crippen LogP contribution in [0.1, 0.15) is 83.1 Å². The van der Waals surface area contributed by atoms with Crippen molar-refractivity contribution in [2.45, 2.75) is 77.6 Å². The van der Waals surface area contributed by atoms with E-state index in [0.717, 1.165) is 18.4 Å². The zero-order valence-electron chi connectivity index (χ0n) is 15.7. The van der Waals surface area contributed by atoms with E-state index in [2.05, 4.69) is 6.92 Å². The van der Waals surface area contributed by atoms with Crippen molar-refractivity contribution in [3.63, 3.8) is 0 Å². The molecule has 0 aliphatic rings. The third-order valence-corrected chi connectivity index (χ3v) is 4.29. The van der Waals surface area contributed by atoms with Crippen LogP contribution in [0.15, 0.2) is 36.1 Å². The lowest BCUT2D eigenvalue weighted by molar-refractivity contribution is -0.142. The molecule has 0 bridgehead atoms. The minimum atomic E-state index is -0.643. The molecule has 140 valence electrons. The highest BCUT2D eigenvalue weighted by atomic mass is 16.5. The van der Waals surface area contributed by atoms with Crippen molar-refractivity contribution in [2.75, 3.05) is 6.61 Å². The first-order chi connectivity index (χ1) is 12.2. The normalized spacial score (nSPS) is 11.5. The van der Waals surface area contributed by atoms with E-state index in [1.54, 1.807) is 0 Å². The predicted octanol–water partition coefficient (Wildman–Crippen LogP) is 6.44. The highest BCUT2D eigenvalue weighted by Crippen LogP contribution is 2.11. The molecule has 1 rings (SSSR count). The fourth-order valence-corrected chi connectivity index (χ4v) is 2.77. The third kappa shape index (κ3) is 11.4. The minimum Gasteiger partial charge on any atom is -0.502 e. The lowest BCUT2D eigenvalue weighted by Gasteiger charge is -2.05. The number of ether oxygens (including phenoxy) is 1. The number of carbonyl (C=O) groups is 1. The van der Waals surface area contributed by atoms with Crippen LogP contribution in [-0.2, 0) is 9.53 Å². The van der Waals surface area contributed by atoms with Crippen LogP contribution < -0.4 is 0 Å². The van der Waals surface area contributed by atoms with E-state index in [4.69, 9.17) is 4.74 Å². The first-order valence-corrected chi connectivity index (χ1v) is 9.87. The number of carbonyl (C=O) groups excluding carboxylic acids is 1. The maximum Gasteiger partial charge on any atom is 0.373 e. The van der Waals surface area contributed by atoms with Crippen LogP contribution in [0.3, 0.4) is 0 Å². The van der Waals surface area contributed by atoms with Crippen molar-refractivity contribution in [3.05, 3.63) is 41.7 Å². The van der Waals surface area contributed by atoms with Crippen molar-refractivity contribution in [2.24, 2.45) is 0 Å². The van der Waals surface area contributed by atoms with Gasteiger partial charge in [-0.15, -0.1) is 0 Å². The smallest absolute Gasteiger partial charge is 0.373 e. The van der Waals surface area contributed by atoms with Gasteiger partial charge in [-0.2, -0.15) is 0 Å². The first kappa shape index (κ1) is 21.3. The second-order valence-electron chi connectivity index (χ2n) is 6.61. The Hall–Kier alpha value is -1.77. The van der Waals surface area contributed by atoms with Crippen LogP contribution in [0, 0.1) is 0 Å². The van der Waals surface area contributed by atoms with Gasteiger partial charge in [0.25, 0.3) is 0 Å². The Balaban J connectivity index is 1.97. The van der Waals surface area contributed by atoms with Crippen molar-refractivity contribution < 1.29 is 14.6 Å². The summed E-state index contributed by atoms with van der Waals surface area (Å²) in [6, 6.07) is 9.26. The van der Waals surface area contributed by atoms with Crippen molar-refractivity contribution in [1.82, 2.24) is 0 Å². The maximum atomic E-state index is 11.7. The molecule has 0 aromatic heterocycles. The number of benzene rings is 1. The maximum absolute atomic E-state index is 11.7. The lowest BCUT2D eigenvalue weighted by Crippen LogP contribution is -2.08. The van der Waals surface area contributed by atoms with Gasteiger partial charge in [-0.25, -0.2) is 4.79 Å². The predicted molar refractivity (Wildman–Crippen MR) is 104 cm³/mol. The molecule has 3 heteroatoms. The van der Waals surface area contributed by atoms with Crippen LogP contribution >= 0.6 is 0 Å². The number of hydrogen-bond acceptors (Lipinski definition) is 3. The van der Waals surface area contributed by atoms with Crippen LogP contribution in [0.5, 0.6) is 0 Å². The summed E-state index contributed by atoms with van der Waals surface area (Å²) in [5.41, 5.74) is 0.784. The zero-order valence-corrected chi connectivity index (χ0v) is 15.7. The standard InChI is InChI=1S/C22H34O3/c1-2-3-4-5-6-7-8-9-10-11-15-18-25-22(24)21(23)19-20-16-13-12-14-17-20/h12-14,16-17,19,23H,2-11,15,18H2,1H3. The lowest BCUT2D eigenvalue weighted by atomic mass is 10.1. The molecule has 0 spiro atoms. The molecular weight excluding hydrogens is 312 g/mol. The topological polar surface area (TPSA) is 46.5 Å². The van der Waals surface area contributed by atoms with Crippen LogP contribution in [0.4, 0.5) is 0 Å². The quantitative estimate of drug-likeness (QED) is 0.182. The summed E-state index contributed by atoms with van der Waals surface area (Å²) in [5, 5.41) is 9.73. The van der Waals surface area contributed by atoms with Crippen LogP contribution in [0.2, 0.25) is 0 Å². The fraction of sp³-hybridized carbons (Fsp3) is 0.591. The van der Waals surface area contributed by atoms with E-state index in [-0.39, 0.29) is 5.76 Å². The van der Waals surface area contributed by atoms with E-state index in [1.165, 1.54) is 63.9 Å². The molecule has 0 aliphatic carbocycles. The largest absolute Gasteiger partial charge is 0.502 e. The van der Waals surface area contributed by atoms with Crippen LogP contribution in [0.25, 0.3) is 6.08 Å². The third-order valence-electron chi connectivity index (χ3n) is 4.29. The molecule has 1 aromatic carbocycles. The van der Waals surface area contributed by atoms with Gasteiger partial charge in [-0.3, -0.25) is 0 Å². The van der Waals surface area contributed by atoms with Crippen molar-refractivity contribution in [1.29, 1.82) is 0 Å². The van der Waals surface area contributed by atoms with Gasteiger partial charge < -0.3 is 9.84 Å². The van der Waals surface area contributed by atoms with E-state index in [1.807, 2.05) is 30.3 Å². The van der Waals surface area contributed by atoms with Crippen molar-refractivity contribution in [3.8, 4) is 0 Å². The molecule has 0 saturated heterocycles. The Bertz CT molecular complexity index is 479. The summed E-state index contributed by atoms with van der Waals surface area (Å²) in [5.74, 6) is -0.981. The second-order valence-corrected chi connectivity index (χ2v) is 6.61. The van der Waals surface area contributed by atoms with Gasteiger partial charge in [0, 0.05) is 0 Å². The van der Waals surface area contributed by atoms with Gasteiger partial charge in [0.2, 0.25) is 5.76 Å². The Morgan fingerprint density at radius 1 is 0.880 bits per heavy atom. The highest BCUT2D eigenvalue weighted by molar-refractivity contribution is 5.90. The summed E-state index contributed by atoms with van der Waals surface area (Å²) in [6.45, 7) is 2.63. The molecule has 0 saturated carbocycles. The molecule has 3 nitrogen and oxygen atoms in total. The molecule has 0 heterocycles. The Morgan fingerprint density at radius 2 is 1.40 bits per heavy atom. The summed E-state index contributed by atoms with van der Waals surface area (Å²) >= 11 is 0. The Labute approximate surface area is 153 Å². The first-order valence-electron chi connectivity index (χ1n) is 9.87. The summed E-state index contributed by atoms with van der Waals surface area (Å²) < 4.78 is 5.10. The van der Waals surface area contributed by atoms with Gasteiger partial charge in [-0.05, 0) is 18.1 Å². The fourth-order valence-electron chi connectivity index (χ4n) is 2.77. The average Bonchev–Trinajstić information content (AvgIpc) is 2.63. The molecule has 0 aliphatic heterocycles. The van der Waals surface area contributed by atoms with E-state index in [0.29, 0.717) is 6.61 Å². The number of esters is 1. The van der Waals surface area contributed by atoms with Gasteiger partial charge in [0.05, 0.1) is 6.61 Å². The van der Waals surface area contributed by atoms with Crippen LogP contribution in [-0.4, -0.2) is 17.7 Å². The number of aliphatic hydroxyl groups is 1. The molecule has 25 heavy (non-hydrogen) atoms. The Morgan fingerprint density at radius 3 is 1.96 bits per heavy atom. The molecule has 0 atom stereocenters. The van der Waals surface area contributed by atoms with E-state index < -0.39 is 5.97 Å². The number of hydrogen-bond donors (Lipinski definition) is 1. The summed E-state index contributed by atoms with van der Waals surface area (Å²) in [6.07, 6.45) is 15.3. The monoisotopic (exact) mass is 346 g/mol.